The first-order chi connectivity index (χ1) is 9.55. The van der Waals surface area contributed by atoms with Gasteiger partial charge in [-0.15, -0.1) is 0 Å². The Labute approximate surface area is 121 Å². The lowest BCUT2D eigenvalue weighted by molar-refractivity contribution is -0.130. The van der Waals surface area contributed by atoms with Gasteiger partial charge in [-0.1, -0.05) is 43.2 Å². The average molecular weight is 269 g/mol. The fourth-order valence-electron chi connectivity index (χ4n) is 3.92. The highest BCUT2D eigenvalue weighted by Gasteiger charge is 2.41. The first-order valence-electron chi connectivity index (χ1n) is 7.59. The van der Waals surface area contributed by atoms with Gasteiger partial charge in [0, 0.05) is 19.5 Å². The van der Waals surface area contributed by atoms with E-state index in [1.165, 1.54) is 42.4 Å². The van der Waals surface area contributed by atoms with E-state index in [2.05, 4.69) is 30.3 Å². The Morgan fingerprint density at radius 1 is 1.20 bits per heavy atom. The summed E-state index contributed by atoms with van der Waals surface area (Å²) >= 11 is 0. The molecule has 2 aliphatic rings. The third kappa shape index (κ3) is 1.90. The van der Waals surface area contributed by atoms with Crippen LogP contribution in [-0.4, -0.2) is 24.9 Å². The molecule has 2 nitrogen and oxygen atoms in total. The highest BCUT2D eigenvalue weighted by molar-refractivity contribution is 5.94. The van der Waals surface area contributed by atoms with Gasteiger partial charge in [-0.05, 0) is 36.5 Å². The monoisotopic (exact) mass is 269 g/mol. The molecule has 0 aliphatic heterocycles. The molecule has 0 saturated heterocycles. The minimum absolute atomic E-state index is 0.0499. The minimum Gasteiger partial charge on any atom is -0.348 e. The second kappa shape index (κ2) is 4.76. The van der Waals surface area contributed by atoms with Crippen LogP contribution in [0.25, 0.3) is 5.57 Å². The summed E-state index contributed by atoms with van der Waals surface area (Å²) in [4.78, 5) is 14.0. The molecule has 1 unspecified atom stereocenters. The number of carbonyl (C=O) groups is 1. The van der Waals surface area contributed by atoms with Crippen LogP contribution in [0, 0.1) is 5.92 Å². The smallest absolute Gasteiger partial charge is 0.229 e. The van der Waals surface area contributed by atoms with Gasteiger partial charge in [0.1, 0.15) is 0 Å². The van der Waals surface area contributed by atoms with E-state index >= 15 is 0 Å². The summed E-state index contributed by atoms with van der Waals surface area (Å²) in [5, 5.41) is 0. The second-order valence-electron chi connectivity index (χ2n) is 6.46. The maximum absolute atomic E-state index is 12.3. The Hall–Kier alpha value is -1.57. The molecule has 2 heteroatoms. The van der Waals surface area contributed by atoms with Crippen molar-refractivity contribution in [3.63, 3.8) is 0 Å². The molecule has 1 amide bonds. The molecule has 0 heterocycles. The van der Waals surface area contributed by atoms with Gasteiger partial charge >= 0.3 is 0 Å². The van der Waals surface area contributed by atoms with Gasteiger partial charge < -0.3 is 4.90 Å². The summed E-state index contributed by atoms with van der Waals surface area (Å²) in [6.07, 6.45) is 7.48. The van der Waals surface area contributed by atoms with Crippen LogP contribution in [0.5, 0.6) is 0 Å². The van der Waals surface area contributed by atoms with Crippen molar-refractivity contribution in [3.05, 3.63) is 41.5 Å². The van der Waals surface area contributed by atoms with Crippen molar-refractivity contribution < 1.29 is 4.79 Å². The Morgan fingerprint density at radius 2 is 1.85 bits per heavy atom. The number of allylic oxidation sites excluding steroid dienone is 1. The summed E-state index contributed by atoms with van der Waals surface area (Å²) in [5.74, 6) is 0.146. The number of rotatable bonds is 2. The van der Waals surface area contributed by atoms with Gasteiger partial charge in [-0.25, -0.2) is 0 Å². The standard InChI is InChI=1S/C18H23NO/c1-13(17(20)19(2)3)15-12-18(10-6-7-11-18)16-9-5-4-8-14(15)16/h4-5,8-9,12-13H,6-7,10-11H2,1-3H3. The molecular weight excluding hydrogens is 246 g/mol. The number of hydrogen-bond acceptors (Lipinski definition) is 1. The van der Waals surface area contributed by atoms with Crippen LogP contribution in [0.4, 0.5) is 0 Å². The molecule has 2 aliphatic carbocycles. The van der Waals surface area contributed by atoms with Crippen LogP contribution in [0.15, 0.2) is 30.3 Å². The zero-order valence-corrected chi connectivity index (χ0v) is 12.6. The molecule has 0 radical (unpaired) electrons. The number of hydrogen-bond donors (Lipinski definition) is 0. The van der Waals surface area contributed by atoms with E-state index in [1.54, 1.807) is 4.90 Å². The quantitative estimate of drug-likeness (QED) is 0.803. The zero-order valence-electron chi connectivity index (χ0n) is 12.6. The second-order valence-corrected chi connectivity index (χ2v) is 6.46. The van der Waals surface area contributed by atoms with E-state index < -0.39 is 0 Å². The highest BCUT2D eigenvalue weighted by Crippen LogP contribution is 2.52. The summed E-state index contributed by atoms with van der Waals surface area (Å²) in [7, 11) is 3.68. The molecule has 1 fully saturated rings. The third-order valence-corrected chi connectivity index (χ3v) is 4.98. The van der Waals surface area contributed by atoms with Crippen LogP contribution < -0.4 is 0 Å². The largest absolute Gasteiger partial charge is 0.348 e. The van der Waals surface area contributed by atoms with Gasteiger partial charge in [0.05, 0.1) is 5.92 Å². The van der Waals surface area contributed by atoms with Crippen LogP contribution >= 0.6 is 0 Å². The maximum atomic E-state index is 12.3. The summed E-state index contributed by atoms with van der Waals surface area (Å²) in [6, 6.07) is 8.67. The van der Waals surface area contributed by atoms with Crippen molar-refractivity contribution in [3.8, 4) is 0 Å². The lowest BCUT2D eigenvalue weighted by Crippen LogP contribution is -2.28. The van der Waals surface area contributed by atoms with E-state index in [1.807, 2.05) is 21.0 Å². The van der Waals surface area contributed by atoms with Crippen molar-refractivity contribution in [2.75, 3.05) is 14.1 Å². The first kappa shape index (κ1) is 13.4. The van der Waals surface area contributed by atoms with Gasteiger partial charge in [-0.3, -0.25) is 4.79 Å². The van der Waals surface area contributed by atoms with Gasteiger partial charge in [-0.2, -0.15) is 0 Å². The SMILES string of the molecule is CC(C(=O)N(C)C)C1=CC2(CCCC2)c2ccccc21. The van der Waals surface area contributed by atoms with E-state index in [0.717, 1.165) is 0 Å². The van der Waals surface area contributed by atoms with E-state index in [4.69, 9.17) is 0 Å². The molecule has 0 aromatic heterocycles. The molecule has 1 atom stereocenters. The van der Waals surface area contributed by atoms with Crippen molar-refractivity contribution in [1.82, 2.24) is 4.90 Å². The highest BCUT2D eigenvalue weighted by atomic mass is 16.2. The van der Waals surface area contributed by atoms with Crippen LogP contribution in [0.1, 0.15) is 43.7 Å². The van der Waals surface area contributed by atoms with E-state index in [0.29, 0.717) is 0 Å². The van der Waals surface area contributed by atoms with Crippen molar-refractivity contribution >= 4 is 11.5 Å². The van der Waals surface area contributed by atoms with Crippen molar-refractivity contribution in [2.45, 2.75) is 38.0 Å². The van der Waals surface area contributed by atoms with Crippen LogP contribution in [0.2, 0.25) is 0 Å². The van der Waals surface area contributed by atoms with Gasteiger partial charge in [0.15, 0.2) is 0 Å². The predicted octanol–water partition coefficient (Wildman–Crippen LogP) is 3.62. The summed E-state index contributed by atoms with van der Waals surface area (Å²) in [5.41, 5.74) is 4.21. The number of nitrogens with zero attached hydrogens (tertiary/aromatic N) is 1. The zero-order chi connectivity index (χ0) is 14.3. The number of fused-ring (bicyclic) bond motifs is 2. The normalized spacial score (nSPS) is 20.6. The summed E-state index contributed by atoms with van der Waals surface area (Å²) < 4.78 is 0. The molecule has 1 spiro atoms. The lowest BCUT2D eigenvalue weighted by atomic mass is 9.81. The molecule has 106 valence electrons. The fraction of sp³-hybridized carbons (Fsp3) is 0.500. The van der Waals surface area contributed by atoms with Crippen molar-refractivity contribution in [2.24, 2.45) is 5.92 Å². The van der Waals surface area contributed by atoms with E-state index in [9.17, 15) is 4.79 Å². The molecule has 1 aromatic carbocycles. The molecule has 0 bridgehead atoms. The molecule has 20 heavy (non-hydrogen) atoms. The van der Waals surface area contributed by atoms with Crippen LogP contribution in [-0.2, 0) is 10.2 Å². The number of benzene rings is 1. The molecule has 1 aromatic rings. The average Bonchev–Trinajstić information content (AvgIpc) is 3.05. The molecule has 1 saturated carbocycles. The predicted molar refractivity (Wildman–Crippen MR) is 82.4 cm³/mol. The Balaban J connectivity index is 2.05. The molecule has 0 N–H and O–H groups in total. The number of carbonyl (C=O) groups excluding carboxylic acids is 1. The molecular formula is C18H23NO. The lowest BCUT2D eigenvalue weighted by Gasteiger charge is -2.22. The van der Waals surface area contributed by atoms with Crippen LogP contribution in [0.3, 0.4) is 0 Å². The Morgan fingerprint density at radius 3 is 2.50 bits per heavy atom. The minimum atomic E-state index is -0.0499. The van der Waals surface area contributed by atoms with Crippen molar-refractivity contribution in [1.29, 1.82) is 0 Å². The summed E-state index contributed by atoms with van der Waals surface area (Å²) in [6.45, 7) is 2.04. The Bertz CT molecular complexity index is 565. The molecule has 3 rings (SSSR count). The fourth-order valence-corrected chi connectivity index (χ4v) is 3.92. The first-order valence-corrected chi connectivity index (χ1v) is 7.59. The van der Waals surface area contributed by atoms with Gasteiger partial charge in [0.2, 0.25) is 5.91 Å². The topological polar surface area (TPSA) is 20.3 Å². The Kier molecular flexibility index (Phi) is 3.19. The van der Waals surface area contributed by atoms with E-state index in [-0.39, 0.29) is 17.2 Å². The number of amides is 1. The maximum Gasteiger partial charge on any atom is 0.229 e. The van der Waals surface area contributed by atoms with Gasteiger partial charge in [0.25, 0.3) is 0 Å². The third-order valence-electron chi connectivity index (χ3n) is 4.98.